The zero-order valence-electron chi connectivity index (χ0n) is 12.2. The van der Waals surface area contributed by atoms with Crippen molar-refractivity contribution in [3.8, 4) is 0 Å². The van der Waals surface area contributed by atoms with Crippen LogP contribution in [0.3, 0.4) is 0 Å². The van der Waals surface area contributed by atoms with Crippen molar-refractivity contribution < 1.29 is 23.5 Å². The summed E-state index contributed by atoms with van der Waals surface area (Å²) in [5.41, 5.74) is -0.933. The number of nitrogens with one attached hydrogen (secondary N) is 1. The van der Waals surface area contributed by atoms with Crippen molar-refractivity contribution in [1.82, 2.24) is 5.32 Å². The van der Waals surface area contributed by atoms with Gasteiger partial charge in [-0.25, -0.2) is 13.6 Å². The number of carboxylic acids is 1. The highest BCUT2D eigenvalue weighted by molar-refractivity contribution is 5.88. The molecule has 1 aromatic carbocycles. The van der Waals surface area contributed by atoms with E-state index in [2.05, 4.69) is 5.32 Å². The maximum Gasteiger partial charge on any atom is 0.329 e. The zero-order chi connectivity index (χ0) is 16.2. The van der Waals surface area contributed by atoms with Gasteiger partial charge in [0, 0.05) is 0 Å². The molecule has 0 aliphatic heterocycles. The number of aliphatic carboxylic acids is 1. The van der Waals surface area contributed by atoms with Gasteiger partial charge in [-0.05, 0) is 30.5 Å². The molecule has 1 aliphatic carbocycles. The lowest BCUT2D eigenvalue weighted by molar-refractivity contribution is -0.148. The van der Waals surface area contributed by atoms with E-state index < -0.39 is 29.0 Å². The highest BCUT2D eigenvalue weighted by Crippen LogP contribution is 2.27. The van der Waals surface area contributed by atoms with Crippen LogP contribution in [-0.4, -0.2) is 22.5 Å². The lowest BCUT2D eigenvalue weighted by Gasteiger charge is -2.29. The fraction of sp³-hybridized carbons (Fsp3) is 0.500. The maximum atomic E-state index is 13.1. The van der Waals surface area contributed by atoms with Crippen molar-refractivity contribution in [3.63, 3.8) is 0 Å². The molecule has 4 nitrogen and oxygen atoms in total. The first-order valence-electron chi connectivity index (χ1n) is 7.41. The maximum absolute atomic E-state index is 13.1. The number of benzene rings is 1. The first kappa shape index (κ1) is 16.4. The second kappa shape index (κ2) is 6.85. The van der Waals surface area contributed by atoms with Crippen molar-refractivity contribution in [2.45, 2.75) is 50.5 Å². The van der Waals surface area contributed by atoms with Crippen LogP contribution in [0.4, 0.5) is 8.78 Å². The fourth-order valence-corrected chi connectivity index (χ4v) is 2.87. The van der Waals surface area contributed by atoms with Crippen LogP contribution < -0.4 is 5.32 Å². The zero-order valence-corrected chi connectivity index (χ0v) is 12.2. The van der Waals surface area contributed by atoms with Crippen molar-refractivity contribution in [1.29, 1.82) is 0 Å². The Morgan fingerprint density at radius 3 is 2.27 bits per heavy atom. The van der Waals surface area contributed by atoms with Crippen LogP contribution in [0.15, 0.2) is 18.2 Å². The van der Waals surface area contributed by atoms with E-state index in [1.807, 2.05) is 0 Å². The van der Waals surface area contributed by atoms with Gasteiger partial charge in [0.05, 0.1) is 6.42 Å². The molecule has 1 aliphatic rings. The van der Waals surface area contributed by atoms with Crippen molar-refractivity contribution in [3.05, 3.63) is 35.4 Å². The Hall–Kier alpha value is -1.98. The summed E-state index contributed by atoms with van der Waals surface area (Å²) in [7, 11) is 0. The smallest absolute Gasteiger partial charge is 0.329 e. The molecule has 1 aromatic rings. The van der Waals surface area contributed by atoms with E-state index in [0.29, 0.717) is 18.4 Å². The Balaban J connectivity index is 2.07. The molecule has 120 valence electrons. The minimum Gasteiger partial charge on any atom is -0.480 e. The van der Waals surface area contributed by atoms with Gasteiger partial charge in [0.15, 0.2) is 11.6 Å². The number of hydrogen-bond donors (Lipinski definition) is 2. The Morgan fingerprint density at radius 2 is 1.73 bits per heavy atom. The highest BCUT2D eigenvalue weighted by atomic mass is 19.2. The molecule has 2 rings (SSSR count). The summed E-state index contributed by atoms with van der Waals surface area (Å²) in [6, 6.07) is 3.23. The lowest BCUT2D eigenvalue weighted by atomic mass is 9.90. The molecule has 0 radical (unpaired) electrons. The summed E-state index contributed by atoms with van der Waals surface area (Å²) in [6.45, 7) is 0. The Labute approximate surface area is 127 Å². The van der Waals surface area contributed by atoms with Crippen LogP contribution in [-0.2, 0) is 16.0 Å². The normalized spacial score (nSPS) is 17.5. The molecular formula is C16H19F2NO3. The van der Waals surface area contributed by atoms with Crippen LogP contribution in [0.5, 0.6) is 0 Å². The second-order valence-corrected chi connectivity index (χ2v) is 5.77. The molecule has 0 unspecified atom stereocenters. The first-order chi connectivity index (χ1) is 10.4. The molecule has 0 bridgehead atoms. The number of carboxylic acid groups (broad SMARTS) is 1. The molecule has 0 heterocycles. The average Bonchev–Trinajstić information content (AvgIpc) is 2.69. The van der Waals surface area contributed by atoms with Crippen LogP contribution in [0.2, 0.25) is 0 Å². The number of rotatable bonds is 4. The van der Waals surface area contributed by atoms with Crippen molar-refractivity contribution in [2.24, 2.45) is 0 Å². The van der Waals surface area contributed by atoms with Gasteiger partial charge in [-0.15, -0.1) is 0 Å². The van der Waals surface area contributed by atoms with Crippen LogP contribution in [0.25, 0.3) is 0 Å². The van der Waals surface area contributed by atoms with Gasteiger partial charge in [0.2, 0.25) is 5.91 Å². The molecule has 1 fully saturated rings. The Kier molecular flexibility index (Phi) is 5.11. The molecule has 22 heavy (non-hydrogen) atoms. The second-order valence-electron chi connectivity index (χ2n) is 5.77. The van der Waals surface area contributed by atoms with Crippen LogP contribution >= 0.6 is 0 Å². The first-order valence-corrected chi connectivity index (χ1v) is 7.41. The summed E-state index contributed by atoms with van der Waals surface area (Å²) >= 11 is 0. The van der Waals surface area contributed by atoms with E-state index in [9.17, 15) is 23.5 Å². The van der Waals surface area contributed by atoms with Gasteiger partial charge in [0.1, 0.15) is 5.54 Å². The van der Waals surface area contributed by atoms with Gasteiger partial charge in [-0.3, -0.25) is 4.79 Å². The van der Waals surface area contributed by atoms with Gasteiger partial charge in [-0.2, -0.15) is 0 Å². The third kappa shape index (κ3) is 3.81. The van der Waals surface area contributed by atoms with E-state index in [1.54, 1.807) is 0 Å². The molecular weight excluding hydrogens is 292 g/mol. The van der Waals surface area contributed by atoms with E-state index in [4.69, 9.17) is 0 Å². The standard InChI is InChI=1S/C16H19F2NO3/c17-12-6-5-11(9-13(12)18)10-14(20)19-16(15(21)22)7-3-1-2-4-8-16/h5-6,9H,1-4,7-8,10H2,(H,19,20)(H,21,22). The van der Waals surface area contributed by atoms with E-state index in [-0.39, 0.29) is 6.42 Å². The summed E-state index contributed by atoms with van der Waals surface area (Å²) < 4.78 is 26.0. The molecule has 1 saturated carbocycles. The minimum atomic E-state index is -1.24. The molecule has 2 N–H and O–H groups in total. The minimum absolute atomic E-state index is 0.174. The molecule has 0 saturated heterocycles. The van der Waals surface area contributed by atoms with Gasteiger partial charge >= 0.3 is 5.97 Å². The number of carbonyl (C=O) groups excluding carboxylic acids is 1. The summed E-state index contributed by atoms with van der Waals surface area (Å²) in [4.78, 5) is 23.7. The topological polar surface area (TPSA) is 66.4 Å². The summed E-state index contributed by atoms with van der Waals surface area (Å²) in [6.07, 6.45) is 4.02. The fourth-order valence-electron chi connectivity index (χ4n) is 2.87. The number of amides is 1. The Morgan fingerprint density at radius 1 is 1.09 bits per heavy atom. The van der Waals surface area contributed by atoms with E-state index >= 15 is 0 Å². The summed E-state index contributed by atoms with van der Waals surface area (Å²) in [5, 5.41) is 12.1. The monoisotopic (exact) mass is 311 g/mol. The number of halogens is 2. The van der Waals surface area contributed by atoms with E-state index in [0.717, 1.165) is 37.8 Å². The third-order valence-electron chi connectivity index (χ3n) is 4.09. The average molecular weight is 311 g/mol. The predicted molar refractivity (Wildman–Crippen MR) is 76.3 cm³/mol. The van der Waals surface area contributed by atoms with Gasteiger partial charge < -0.3 is 10.4 Å². The molecule has 0 atom stereocenters. The van der Waals surface area contributed by atoms with E-state index in [1.165, 1.54) is 6.07 Å². The quantitative estimate of drug-likeness (QED) is 0.840. The largest absolute Gasteiger partial charge is 0.480 e. The van der Waals surface area contributed by atoms with Gasteiger partial charge in [-0.1, -0.05) is 31.7 Å². The van der Waals surface area contributed by atoms with Gasteiger partial charge in [0.25, 0.3) is 0 Å². The number of hydrogen-bond acceptors (Lipinski definition) is 2. The van der Waals surface area contributed by atoms with Crippen LogP contribution in [0, 0.1) is 11.6 Å². The molecule has 0 aromatic heterocycles. The SMILES string of the molecule is O=C(Cc1ccc(F)c(F)c1)NC1(C(=O)O)CCCCCC1. The molecule has 1 amide bonds. The van der Waals surface area contributed by atoms with Crippen molar-refractivity contribution >= 4 is 11.9 Å². The molecule has 0 spiro atoms. The predicted octanol–water partition coefficient (Wildman–Crippen LogP) is 2.80. The summed E-state index contributed by atoms with van der Waals surface area (Å²) in [5.74, 6) is -3.52. The number of carbonyl (C=O) groups is 2. The lowest BCUT2D eigenvalue weighted by Crippen LogP contribution is -2.54. The molecule has 6 heteroatoms. The Bertz CT molecular complexity index is 567. The van der Waals surface area contributed by atoms with Crippen molar-refractivity contribution in [2.75, 3.05) is 0 Å². The highest BCUT2D eigenvalue weighted by Gasteiger charge is 2.39. The van der Waals surface area contributed by atoms with Crippen LogP contribution in [0.1, 0.15) is 44.1 Å². The third-order valence-corrected chi connectivity index (χ3v) is 4.09.